The fraction of sp³-hybridized carbons (Fsp3) is 0.222. The molecule has 1 atom stereocenters. The molecule has 2 heteroatoms. The molecule has 1 aliphatic rings. The van der Waals surface area contributed by atoms with E-state index in [9.17, 15) is 4.79 Å². The Bertz CT molecular complexity index is 246. The molecule has 2 nitrogen and oxygen atoms in total. The van der Waals surface area contributed by atoms with Crippen LogP contribution in [0.25, 0.3) is 0 Å². The number of allylic oxidation sites excluding steroid dienone is 4. The van der Waals surface area contributed by atoms with E-state index >= 15 is 0 Å². The Labute approximate surface area is 66.1 Å². The van der Waals surface area contributed by atoms with Crippen molar-refractivity contribution in [3.05, 3.63) is 36.0 Å². The van der Waals surface area contributed by atoms with Crippen LogP contribution in [0.15, 0.2) is 36.0 Å². The monoisotopic (exact) mass is 149 g/mol. The summed E-state index contributed by atoms with van der Waals surface area (Å²) in [5, 5.41) is 0. The van der Waals surface area contributed by atoms with Crippen LogP contribution in [0.5, 0.6) is 0 Å². The molecule has 58 valence electrons. The standard InChI is InChI=1S/C9H11NO/c1-9(10)5-2-3-8(7-11)4-6-9/h2-7H,10H2,1H3. The van der Waals surface area contributed by atoms with Crippen LogP contribution in [0.2, 0.25) is 0 Å². The van der Waals surface area contributed by atoms with Crippen molar-refractivity contribution in [1.29, 1.82) is 0 Å². The third-order valence-electron chi connectivity index (χ3n) is 1.51. The highest BCUT2D eigenvalue weighted by Crippen LogP contribution is 2.09. The summed E-state index contributed by atoms with van der Waals surface area (Å²) in [6.45, 7) is 1.88. The summed E-state index contributed by atoms with van der Waals surface area (Å²) in [5.74, 6) is 0. The van der Waals surface area contributed by atoms with Gasteiger partial charge in [-0.1, -0.05) is 30.4 Å². The second-order valence-corrected chi connectivity index (χ2v) is 2.84. The summed E-state index contributed by atoms with van der Waals surface area (Å²) in [4.78, 5) is 10.3. The van der Waals surface area contributed by atoms with Crippen LogP contribution in [0.4, 0.5) is 0 Å². The molecule has 1 aliphatic carbocycles. The van der Waals surface area contributed by atoms with Gasteiger partial charge in [-0.15, -0.1) is 0 Å². The van der Waals surface area contributed by atoms with Gasteiger partial charge in [-0.25, -0.2) is 0 Å². The minimum Gasteiger partial charge on any atom is -0.319 e. The van der Waals surface area contributed by atoms with E-state index in [1.165, 1.54) is 0 Å². The first-order chi connectivity index (χ1) is 5.14. The first-order valence-electron chi connectivity index (χ1n) is 3.47. The lowest BCUT2D eigenvalue weighted by atomic mass is 10.0. The molecular weight excluding hydrogens is 138 g/mol. The van der Waals surface area contributed by atoms with Crippen LogP contribution in [-0.2, 0) is 4.79 Å². The minimum absolute atomic E-state index is 0.429. The Kier molecular flexibility index (Phi) is 2.06. The molecule has 0 radical (unpaired) electrons. The third-order valence-corrected chi connectivity index (χ3v) is 1.51. The van der Waals surface area contributed by atoms with E-state index in [4.69, 9.17) is 5.73 Å². The van der Waals surface area contributed by atoms with Gasteiger partial charge >= 0.3 is 0 Å². The van der Waals surface area contributed by atoms with Crippen molar-refractivity contribution in [2.75, 3.05) is 0 Å². The molecule has 1 unspecified atom stereocenters. The van der Waals surface area contributed by atoms with E-state index in [2.05, 4.69) is 0 Å². The topological polar surface area (TPSA) is 43.1 Å². The van der Waals surface area contributed by atoms with E-state index < -0.39 is 5.54 Å². The Hall–Kier alpha value is -1.15. The van der Waals surface area contributed by atoms with Gasteiger partial charge in [-0.3, -0.25) is 4.79 Å². The SMILES string of the molecule is CC1(N)C=CC=C(C=O)C=C1. The van der Waals surface area contributed by atoms with E-state index in [1.54, 1.807) is 24.3 Å². The maximum absolute atomic E-state index is 10.3. The zero-order chi connectivity index (χ0) is 8.32. The van der Waals surface area contributed by atoms with Crippen LogP contribution in [0.3, 0.4) is 0 Å². The molecule has 0 heterocycles. The first-order valence-corrected chi connectivity index (χ1v) is 3.47. The summed E-state index contributed by atoms with van der Waals surface area (Å²) < 4.78 is 0. The Balaban J connectivity index is 2.91. The van der Waals surface area contributed by atoms with E-state index in [0.717, 1.165) is 6.29 Å². The van der Waals surface area contributed by atoms with Crippen LogP contribution < -0.4 is 5.73 Å². The highest BCUT2D eigenvalue weighted by atomic mass is 16.1. The van der Waals surface area contributed by atoms with Gasteiger partial charge in [0.2, 0.25) is 0 Å². The molecule has 0 fully saturated rings. The number of carbonyl (C=O) groups excluding carboxylic acids is 1. The van der Waals surface area contributed by atoms with Crippen LogP contribution >= 0.6 is 0 Å². The predicted molar refractivity (Wildman–Crippen MR) is 45.0 cm³/mol. The van der Waals surface area contributed by atoms with Gasteiger partial charge in [0, 0.05) is 5.57 Å². The van der Waals surface area contributed by atoms with Gasteiger partial charge in [-0.05, 0) is 6.92 Å². The van der Waals surface area contributed by atoms with Crippen molar-refractivity contribution in [1.82, 2.24) is 0 Å². The number of nitrogens with two attached hydrogens (primary N) is 1. The van der Waals surface area contributed by atoms with Crippen LogP contribution in [0.1, 0.15) is 6.92 Å². The minimum atomic E-state index is -0.429. The van der Waals surface area contributed by atoms with Crippen molar-refractivity contribution < 1.29 is 4.79 Å². The molecule has 0 aliphatic heterocycles. The molecule has 2 N–H and O–H groups in total. The molecule has 0 aromatic rings. The molecule has 0 amide bonds. The van der Waals surface area contributed by atoms with Gasteiger partial charge < -0.3 is 5.73 Å². The van der Waals surface area contributed by atoms with Crippen molar-refractivity contribution >= 4 is 6.29 Å². The van der Waals surface area contributed by atoms with Crippen LogP contribution in [-0.4, -0.2) is 11.8 Å². The quantitative estimate of drug-likeness (QED) is 0.564. The molecular formula is C9H11NO. The van der Waals surface area contributed by atoms with Crippen molar-refractivity contribution in [3.63, 3.8) is 0 Å². The van der Waals surface area contributed by atoms with Gasteiger partial charge in [0.25, 0.3) is 0 Å². The summed E-state index contributed by atoms with van der Waals surface area (Å²) >= 11 is 0. The summed E-state index contributed by atoms with van der Waals surface area (Å²) in [6, 6.07) is 0. The zero-order valence-electron chi connectivity index (χ0n) is 6.45. The normalized spacial score (nSPS) is 29.5. The lowest BCUT2D eigenvalue weighted by molar-refractivity contribution is -0.104. The average molecular weight is 149 g/mol. The molecule has 0 aromatic carbocycles. The Morgan fingerprint density at radius 1 is 1.55 bits per heavy atom. The summed E-state index contributed by atoms with van der Waals surface area (Å²) in [6.07, 6.45) is 9.72. The average Bonchev–Trinajstić information content (AvgIpc) is 2.10. The number of hydrogen-bond acceptors (Lipinski definition) is 2. The van der Waals surface area contributed by atoms with Gasteiger partial charge in [-0.2, -0.15) is 0 Å². The molecule has 0 saturated carbocycles. The zero-order valence-corrected chi connectivity index (χ0v) is 6.45. The second kappa shape index (κ2) is 2.84. The van der Waals surface area contributed by atoms with E-state index in [0.29, 0.717) is 5.57 Å². The van der Waals surface area contributed by atoms with E-state index in [1.807, 2.05) is 13.0 Å². The number of hydrogen-bond donors (Lipinski definition) is 1. The fourth-order valence-electron chi connectivity index (χ4n) is 0.832. The van der Waals surface area contributed by atoms with E-state index in [-0.39, 0.29) is 0 Å². The van der Waals surface area contributed by atoms with Gasteiger partial charge in [0.1, 0.15) is 6.29 Å². The van der Waals surface area contributed by atoms with Gasteiger partial charge in [0.05, 0.1) is 5.54 Å². The predicted octanol–water partition coefficient (Wildman–Crippen LogP) is 0.955. The maximum atomic E-state index is 10.3. The lowest BCUT2D eigenvalue weighted by Crippen LogP contribution is -2.30. The van der Waals surface area contributed by atoms with Crippen molar-refractivity contribution in [2.24, 2.45) is 5.73 Å². The second-order valence-electron chi connectivity index (χ2n) is 2.84. The smallest absolute Gasteiger partial charge is 0.150 e. The first kappa shape index (κ1) is 7.95. The number of rotatable bonds is 1. The Morgan fingerprint density at radius 2 is 2.27 bits per heavy atom. The lowest BCUT2D eigenvalue weighted by Gasteiger charge is -2.12. The summed E-state index contributed by atoms with van der Waals surface area (Å²) in [5.41, 5.74) is 5.99. The van der Waals surface area contributed by atoms with Crippen molar-refractivity contribution in [2.45, 2.75) is 12.5 Å². The largest absolute Gasteiger partial charge is 0.319 e. The highest BCUT2D eigenvalue weighted by Gasteiger charge is 2.09. The molecule has 0 saturated heterocycles. The molecule has 0 bridgehead atoms. The molecule has 0 aromatic heterocycles. The highest BCUT2D eigenvalue weighted by molar-refractivity contribution is 5.78. The number of aldehydes is 1. The van der Waals surface area contributed by atoms with Crippen molar-refractivity contribution in [3.8, 4) is 0 Å². The Morgan fingerprint density at radius 3 is 2.91 bits per heavy atom. The summed E-state index contributed by atoms with van der Waals surface area (Å²) in [7, 11) is 0. The molecule has 11 heavy (non-hydrogen) atoms. The molecule has 0 spiro atoms. The maximum Gasteiger partial charge on any atom is 0.150 e. The third kappa shape index (κ3) is 2.16. The fourth-order valence-corrected chi connectivity index (χ4v) is 0.832. The van der Waals surface area contributed by atoms with Gasteiger partial charge in [0.15, 0.2) is 0 Å². The number of carbonyl (C=O) groups is 1. The van der Waals surface area contributed by atoms with Crippen LogP contribution in [0, 0.1) is 0 Å². The molecule has 1 rings (SSSR count).